The number of anilines is 2. The number of nitrogens with one attached hydrogen (secondary N) is 1. The van der Waals surface area contributed by atoms with Gasteiger partial charge in [0.15, 0.2) is 0 Å². The number of amides is 2. The molecule has 0 bridgehead atoms. The molecule has 0 unspecified atom stereocenters. The lowest BCUT2D eigenvalue weighted by atomic mass is 10.1. The van der Waals surface area contributed by atoms with Crippen molar-refractivity contribution in [2.45, 2.75) is 64.7 Å². The molecule has 2 amide bonds. The van der Waals surface area contributed by atoms with Crippen LogP contribution in [0.2, 0.25) is 0 Å². The van der Waals surface area contributed by atoms with Gasteiger partial charge in [-0.1, -0.05) is 74.6 Å². The van der Waals surface area contributed by atoms with E-state index < -0.39 is 12.0 Å². The second-order valence-electron chi connectivity index (χ2n) is 6.53. The Bertz CT molecular complexity index is 695. The number of urea groups is 1. The van der Waals surface area contributed by atoms with E-state index in [2.05, 4.69) is 21.8 Å². The minimum Gasteiger partial charge on any atom is -0.332 e. The average molecular weight is 405 g/mol. The van der Waals surface area contributed by atoms with E-state index in [4.69, 9.17) is 4.84 Å². The number of carbonyl (C=O) groups is 2. The Morgan fingerprint density at radius 3 is 2.36 bits per heavy atom. The van der Waals surface area contributed by atoms with Crippen LogP contribution in [0.5, 0.6) is 0 Å². The maximum absolute atomic E-state index is 12.5. The first-order chi connectivity index (χ1) is 13.7. The van der Waals surface area contributed by atoms with Crippen molar-refractivity contribution in [3.8, 4) is 0 Å². The Kier molecular flexibility index (Phi) is 9.99. The van der Waals surface area contributed by atoms with Crippen molar-refractivity contribution < 1.29 is 14.4 Å². The molecule has 0 saturated heterocycles. The molecule has 28 heavy (non-hydrogen) atoms. The lowest BCUT2D eigenvalue weighted by Gasteiger charge is -2.21. The Morgan fingerprint density at radius 2 is 1.71 bits per heavy atom. The summed E-state index contributed by atoms with van der Waals surface area (Å²) in [6, 6.07) is 8.21. The summed E-state index contributed by atoms with van der Waals surface area (Å²) >= 11 is 1.05. The van der Waals surface area contributed by atoms with Gasteiger partial charge < -0.3 is 4.84 Å². The molecule has 1 aromatic heterocycles. The largest absolute Gasteiger partial charge is 0.360 e. The van der Waals surface area contributed by atoms with Crippen LogP contribution in [-0.4, -0.2) is 21.6 Å². The first-order valence-corrected chi connectivity index (χ1v) is 10.6. The summed E-state index contributed by atoms with van der Waals surface area (Å²) in [5, 5.41) is 7.76. The number of carbonyl (C=O) groups excluding carboxylic acids is 2. The van der Waals surface area contributed by atoms with Crippen LogP contribution in [0.15, 0.2) is 36.5 Å². The first kappa shape index (κ1) is 21.8. The molecule has 2 rings (SSSR count). The molecule has 152 valence electrons. The van der Waals surface area contributed by atoms with Crippen LogP contribution in [0.1, 0.15) is 64.7 Å². The summed E-state index contributed by atoms with van der Waals surface area (Å²) in [5.41, 5.74) is 0.474. The molecule has 1 heterocycles. The summed E-state index contributed by atoms with van der Waals surface area (Å²) in [7, 11) is 0. The van der Waals surface area contributed by atoms with E-state index in [9.17, 15) is 9.59 Å². The SMILES string of the molecule is CCCCCCCCCCC(=O)ON(C(=O)Nc1cnns1)c1ccccc1. The van der Waals surface area contributed by atoms with Gasteiger partial charge in [-0.05, 0) is 18.6 Å². The fraction of sp³-hybridized carbons (Fsp3) is 0.500. The van der Waals surface area contributed by atoms with Gasteiger partial charge in [0, 0.05) is 18.0 Å². The van der Waals surface area contributed by atoms with Crippen LogP contribution in [-0.2, 0) is 9.63 Å². The molecule has 0 aliphatic carbocycles. The first-order valence-electron chi connectivity index (χ1n) is 9.85. The van der Waals surface area contributed by atoms with Crippen LogP contribution >= 0.6 is 11.5 Å². The molecule has 0 spiro atoms. The summed E-state index contributed by atoms with van der Waals surface area (Å²) in [6.07, 6.45) is 10.9. The highest BCUT2D eigenvalue weighted by Gasteiger charge is 2.21. The second-order valence-corrected chi connectivity index (χ2v) is 7.32. The molecule has 0 radical (unpaired) electrons. The van der Waals surface area contributed by atoms with Crippen LogP contribution in [0.25, 0.3) is 0 Å². The third kappa shape index (κ3) is 8.04. The number of hydrogen-bond acceptors (Lipinski definition) is 6. The highest BCUT2D eigenvalue weighted by Crippen LogP contribution is 2.18. The Morgan fingerprint density at radius 1 is 1.04 bits per heavy atom. The molecule has 7 nitrogen and oxygen atoms in total. The molecule has 1 aromatic carbocycles. The summed E-state index contributed by atoms with van der Waals surface area (Å²) < 4.78 is 3.70. The Hall–Kier alpha value is -2.48. The number of unbranched alkanes of at least 4 members (excludes halogenated alkanes) is 7. The van der Waals surface area contributed by atoms with Crippen LogP contribution in [0.3, 0.4) is 0 Å². The van der Waals surface area contributed by atoms with E-state index in [-0.39, 0.29) is 6.42 Å². The highest BCUT2D eigenvalue weighted by molar-refractivity contribution is 7.10. The molecule has 0 saturated carbocycles. The number of rotatable bonds is 11. The fourth-order valence-electron chi connectivity index (χ4n) is 2.70. The number of aromatic nitrogens is 2. The van der Waals surface area contributed by atoms with Crippen molar-refractivity contribution in [2.75, 3.05) is 10.4 Å². The summed E-state index contributed by atoms with van der Waals surface area (Å²) in [6.45, 7) is 2.21. The number of para-hydroxylation sites is 1. The van der Waals surface area contributed by atoms with Crippen molar-refractivity contribution in [2.24, 2.45) is 0 Å². The Labute approximate surface area is 170 Å². The zero-order valence-corrected chi connectivity index (χ0v) is 17.1. The number of hydroxylamine groups is 1. The lowest BCUT2D eigenvalue weighted by Crippen LogP contribution is -2.36. The van der Waals surface area contributed by atoms with E-state index in [1.807, 2.05) is 6.07 Å². The molecule has 0 atom stereocenters. The van der Waals surface area contributed by atoms with Gasteiger partial charge in [0.05, 0.1) is 11.9 Å². The van der Waals surface area contributed by atoms with Crippen LogP contribution in [0, 0.1) is 0 Å². The quantitative estimate of drug-likeness (QED) is 0.391. The molecule has 8 heteroatoms. The second kappa shape index (κ2) is 12.8. The van der Waals surface area contributed by atoms with Gasteiger partial charge in [-0.2, -0.15) is 0 Å². The standard InChI is InChI=1S/C20H28N4O3S/c1-2-3-4-5-6-7-8-12-15-19(25)27-24(17-13-10-9-11-14-17)20(26)22-18-16-21-23-28-18/h9-11,13-14,16H,2-8,12,15H2,1H3,(H,22,26). The van der Waals surface area contributed by atoms with Crippen molar-refractivity contribution in [1.82, 2.24) is 9.59 Å². The van der Waals surface area contributed by atoms with Gasteiger partial charge in [-0.3, -0.25) is 5.32 Å². The van der Waals surface area contributed by atoms with Crippen molar-refractivity contribution in [3.63, 3.8) is 0 Å². The maximum atomic E-state index is 12.5. The van der Waals surface area contributed by atoms with E-state index in [1.54, 1.807) is 24.3 Å². The van der Waals surface area contributed by atoms with Gasteiger partial charge in [-0.15, -0.1) is 10.2 Å². The Balaban J connectivity index is 1.79. The number of hydrogen-bond donors (Lipinski definition) is 1. The van der Waals surface area contributed by atoms with E-state index in [0.29, 0.717) is 10.7 Å². The average Bonchev–Trinajstić information content (AvgIpc) is 3.21. The zero-order chi connectivity index (χ0) is 20.0. The highest BCUT2D eigenvalue weighted by atomic mass is 32.1. The van der Waals surface area contributed by atoms with Gasteiger partial charge in [-0.25, -0.2) is 9.59 Å². The molecule has 0 fully saturated rings. The normalized spacial score (nSPS) is 10.5. The predicted molar refractivity (Wildman–Crippen MR) is 111 cm³/mol. The third-order valence-corrected chi connectivity index (χ3v) is 4.77. The van der Waals surface area contributed by atoms with Crippen LogP contribution in [0.4, 0.5) is 15.5 Å². The molecule has 0 aliphatic rings. The molecular weight excluding hydrogens is 376 g/mol. The fourth-order valence-corrected chi connectivity index (χ4v) is 3.11. The lowest BCUT2D eigenvalue weighted by molar-refractivity contribution is -0.143. The van der Waals surface area contributed by atoms with Crippen LogP contribution < -0.4 is 10.4 Å². The van der Waals surface area contributed by atoms with Gasteiger partial charge in [0.25, 0.3) is 0 Å². The topological polar surface area (TPSA) is 84.4 Å². The van der Waals surface area contributed by atoms with E-state index >= 15 is 0 Å². The van der Waals surface area contributed by atoms with Gasteiger partial charge >= 0.3 is 12.0 Å². The molecule has 1 N–H and O–H groups in total. The predicted octanol–water partition coefficient (Wildman–Crippen LogP) is 5.57. The monoisotopic (exact) mass is 404 g/mol. The minimum absolute atomic E-state index is 0.285. The molecule has 0 aliphatic heterocycles. The number of benzene rings is 1. The van der Waals surface area contributed by atoms with Crippen molar-refractivity contribution in [1.29, 1.82) is 0 Å². The minimum atomic E-state index is -0.568. The number of nitrogens with zero attached hydrogens (tertiary/aromatic N) is 3. The molecule has 2 aromatic rings. The van der Waals surface area contributed by atoms with Crippen molar-refractivity contribution in [3.05, 3.63) is 36.5 Å². The van der Waals surface area contributed by atoms with E-state index in [1.165, 1.54) is 38.3 Å². The maximum Gasteiger partial charge on any atom is 0.360 e. The smallest absolute Gasteiger partial charge is 0.332 e. The van der Waals surface area contributed by atoms with E-state index in [0.717, 1.165) is 35.9 Å². The summed E-state index contributed by atoms with van der Waals surface area (Å²) in [5.74, 6) is -0.424. The van der Waals surface area contributed by atoms with Crippen molar-refractivity contribution >= 4 is 34.2 Å². The van der Waals surface area contributed by atoms with Gasteiger partial charge in [0.1, 0.15) is 5.00 Å². The third-order valence-electron chi connectivity index (χ3n) is 4.19. The molecular formula is C20H28N4O3S. The summed E-state index contributed by atoms with van der Waals surface area (Å²) in [4.78, 5) is 30.1. The zero-order valence-electron chi connectivity index (χ0n) is 16.3. The van der Waals surface area contributed by atoms with Gasteiger partial charge in [0.2, 0.25) is 0 Å².